The Balaban J connectivity index is 2.44. The Morgan fingerprint density at radius 3 is 2.95 bits per heavy atom. The van der Waals surface area contributed by atoms with Crippen LogP contribution in [0.25, 0.3) is 0 Å². The summed E-state index contributed by atoms with van der Waals surface area (Å²) in [5.41, 5.74) is 4.27. The van der Waals surface area contributed by atoms with Crippen molar-refractivity contribution < 1.29 is 9.47 Å². The lowest BCUT2D eigenvalue weighted by molar-refractivity contribution is 0.182. The molecule has 8 heteroatoms. The highest BCUT2D eigenvalue weighted by molar-refractivity contribution is 6.31. The lowest BCUT2D eigenvalue weighted by Gasteiger charge is -2.20. The van der Waals surface area contributed by atoms with Gasteiger partial charge in [-0.25, -0.2) is 10.4 Å². The molecule has 0 aromatic carbocycles. The predicted molar refractivity (Wildman–Crippen MR) is 79.1 cm³/mol. The van der Waals surface area contributed by atoms with Crippen molar-refractivity contribution in [2.45, 2.75) is 12.6 Å². The van der Waals surface area contributed by atoms with E-state index in [2.05, 4.69) is 15.5 Å². The second-order valence-electron chi connectivity index (χ2n) is 4.30. The van der Waals surface area contributed by atoms with Gasteiger partial charge in [0, 0.05) is 18.9 Å². The van der Waals surface area contributed by atoms with Crippen LogP contribution in [0, 0.1) is 0 Å². The van der Waals surface area contributed by atoms with E-state index >= 15 is 0 Å². The van der Waals surface area contributed by atoms with Crippen LogP contribution in [0.4, 0.5) is 0 Å². The summed E-state index contributed by atoms with van der Waals surface area (Å²) < 4.78 is 12.1. The van der Waals surface area contributed by atoms with E-state index in [1.54, 1.807) is 31.3 Å². The molecule has 2 aromatic rings. The summed E-state index contributed by atoms with van der Waals surface area (Å²) in [5.74, 6) is 6.20. The summed E-state index contributed by atoms with van der Waals surface area (Å²) in [6.07, 6.45) is 3.24. The molecule has 0 spiro atoms. The fourth-order valence-corrected chi connectivity index (χ4v) is 2.37. The zero-order chi connectivity index (χ0) is 15.2. The highest BCUT2D eigenvalue weighted by atomic mass is 35.5. The molecule has 1 atom stereocenters. The average molecular weight is 312 g/mol. The van der Waals surface area contributed by atoms with E-state index in [0.29, 0.717) is 24.1 Å². The molecule has 7 nitrogen and oxygen atoms in total. The normalized spacial score (nSPS) is 12.4. The van der Waals surface area contributed by atoms with Gasteiger partial charge in [-0.1, -0.05) is 17.7 Å². The second-order valence-corrected chi connectivity index (χ2v) is 4.70. The van der Waals surface area contributed by atoms with Crippen molar-refractivity contribution in [3.05, 3.63) is 40.8 Å². The molecular weight excluding hydrogens is 294 g/mol. The number of rotatable bonds is 7. The minimum absolute atomic E-state index is 0.388. The van der Waals surface area contributed by atoms with E-state index in [0.717, 1.165) is 11.3 Å². The molecular formula is C13H18ClN5O2. The van der Waals surface area contributed by atoms with Crippen LogP contribution in [0.15, 0.2) is 24.5 Å². The lowest BCUT2D eigenvalue weighted by atomic mass is 10.1. The Bertz CT molecular complexity index is 590. The highest BCUT2D eigenvalue weighted by Gasteiger charge is 2.24. The summed E-state index contributed by atoms with van der Waals surface area (Å²) in [4.78, 5) is 4.18. The predicted octanol–water partition coefficient (Wildman–Crippen LogP) is 1.14. The van der Waals surface area contributed by atoms with Gasteiger partial charge in [-0.2, -0.15) is 5.10 Å². The van der Waals surface area contributed by atoms with Gasteiger partial charge in [-0.3, -0.25) is 10.5 Å². The molecule has 0 aliphatic rings. The van der Waals surface area contributed by atoms with Gasteiger partial charge in [-0.05, 0) is 6.07 Å². The van der Waals surface area contributed by atoms with Crippen LogP contribution < -0.4 is 16.0 Å². The van der Waals surface area contributed by atoms with Crippen LogP contribution >= 0.6 is 11.6 Å². The molecule has 2 aromatic heterocycles. The summed E-state index contributed by atoms with van der Waals surface area (Å²) in [6.45, 7) is 1.09. The zero-order valence-electron chi connectivity index (χ0n) is 11.9. The van der Waals surface area contributed by atoms with Crippen molar-refractivity contribution in [3.63, 3.8) is 0 Å². The first-order chi connectivity index (χ1) is 10.2. The molecule has 114 valence electrons. The van der Waals surface area contributed by atoms with Crippen LogP contribution in [-0.4, -0.2) is 35.6 Å². The van der Waals surface area contributed by atoms with Crippen LogP contribution in [0.2, 0.25) is 5.02 Å². The van der Waals surface area contributed by atoms with Crippen molar-refractivity contribution >= 4 is 11.6 Å². The number of ether oxygens (including phenoxy) is 2. The molecule has 0 aliphatic carbocycles. The van der Waals surface area contributed by atoms with Crippen LogP contribution in [-0.2, 0) is 11.3 Å². The maximum Gasteiger partial charge on any atom is 0.218 e. The van der Waals surface area contributed by atoms with Crippen LogP contribution in [0.3, 0.4) is 0 Å². The number of hydrogen-bond acceptors (Lipinski definition) is 6. The van der Waals surface area contributed by atoms with Crippen molar-refractivity contribution in [1.29, 1.82) is 0 Å². The van der Waals surface area contributed by atoms with E-state index in [4.69, 9.17) is 26.9 Å². The summed E-state index contributed by atoms with van der Waals surface area (Å²) >= 11 is 6.26. The quantitative estimate of drug-likeness (QED) is 0.589. The van der Waals surface area contributed by atoms with Gasteiger partial charge in [0.2, 0.25) is 5.88 Å². The van der Waals surface area contributed by atoms with Crippen LogP contribution in [0.5, 0.6) is 5.88 Å². The first-order valence-electron chi connectivity index (χ1n) is 6.38. The molecule has 0 amide bonds. The molecule has 0 radical (unpaired) electrons. The van der Waals surface area contributed by atoms with Gasteiger partial charge in [0.1, 0.15) is 0 Å². The Morgan fingerprint density at radius 2 is 2.29 bits per heavy atom. The summed E-state index contributed by atoms with van der Waals surface area (Å²) in [7, 11) is 3.19. The van der Waals surface area contributed by atoms with Gasteiger partial charge >= 0.3 is 0 Å². The van der Waals surface area contributed by atoms with Gasteiger partial charge in [0.15, 0.2) is 0 Å². The van der Waals surface area contributed by atoms with Crippen molar-refractivity contribution in [3.8, 4) is 5.88 Å². The van der Waals surface area contributed by atoms with Gasteiger partial charge in [0.25, 0.3) is 0 Å². The fourth-order valence-electron chi connectivity index (χ4n) is 2.12. The Labute approximate surface area is 128 Å². The third-order valence-electron chi connectivity index (χ3n) is 3.09. The smallest absolute Gasteiger partial charge is 0.218 e. The summed E-state index contributed by atoms with van der Waals surface area (Å²) in [6, 6.07) is 3.30. The minimum atomic E-state index is -0.388. The maximum atomic E-state index is 6.26. The van der Waals surface area contributed by atoms with Gasteiger partial charge in [0.05, 0.1) is 43.2 Å². The Hall–Kier alpha value is -1.67. The fraction of sp³-hybridized carbons (Fsp3) is 0.385. The molecule has 0 bridgehead atoms. The molecule has 1 unspecified atom stereocenters. The number of hydrogen-bond donors (Lipinski definition) is 2. The number of nitrogens with one attached hydrogen (secondary N) is 1. The number of nitrogens with two attached hydrogens (primary N) is 1. The topological polar surface area (TPSA) is 87.2 Å². The Kier molecular flexibility index (Phi) is 5.51. The second kappa shape index (κ2) is 7.37. The number of pyridine rings is 1. The van der Waals surface area contributed by atoms with E-state index in [1.165, 1.54) is 0 Å². The van der Waals surface area contributed by atoms with Crippen LogP contribution in [0.1, 0.15) is 17.3 Å². The number of halogens is 1. The SMILES string of the molecule is COCCn1ncc(Cl)c1C(NN)c1cccnc1OC. The largest absolute Gasteiger partial charge is 0.481 e. The lowest BCUT2D eigenvalue weighted by Crippen LogP contribution is -2.31. The van der Waals surface area contributed by atoms with Gasteiger partial charge in [-0.15, -0.1) is 0 Å². The monoisotopic (exact) mass is 311 g/mol. The first kappa shape index (κ1) is 15.7. The molecule has 0 fully saturated rings. The number of nitrogens with zero attached hydrogens (tertiary/aromatic N) is 3. The number of hydrazine groups is 1. The van der Waals surface area contributed by atoms with Gasteiger partial charge < -0.3 is 9.47 Å². The number of methoxy groups -OCH3 is 2. The van der Waals surface area contributed by atoms with E-state index in [9.17, 15) is 0 Å². The third-order valence-corrected chi connectivity index (χ3v) is 3.38. The molecule has 3 N–H and O–H groups in total. The molecule has 21 heavy (non-hydrogen) atoms. The Morgan fingerprint density at radius 1 is 1.48 bits per heavy atom. The zero-order valence-corrected chi connectivity index (χ0v) is 12.7. The number of aromatic nitrogens is 3. The molecule has 2 heterocycles. The van der Waals surface area contributed by atoms with E-state index in [1.807, 2.05) is 12.1 Å². The minimum Gasteiger partial charge on any atom is -0.481 e. The maximum absolute atomic E-state index is 6.26. The van der Waals surface area contributed by atoms with Crippen molar-refractivity contribution in [2.75, 3.05) is 20.8 Å². The molecule has 0 saturated carbocycles. The van der Waals surface area contributed by atoms with E-state index < -0.39 is 0 Å². The van der Waals surface area contributed by atoms with E-state index in [-0.39, 0.29) is 6.04 Å². The summed E-state index contributed by atoms with van der Waals surface area (Å²) in [5, 5.41) is 4.76. The third kappa shape index (κ3) is 3.33. The van der Waals surface area contributed by atoms with Crippen molar-refractivity contribution in [2.24, 2.45) is 5.84 Å². The average Bonchev–Trinajstić information content (AvgIpc) is 2.88. The standard InChI is InChI=1S/C13H18ClN5O2/c1-20-7-6-19-12(10(14)8-17-19)11(18-15)9-4-3-5-16-13(9)21-2/h3-5,8,11,18H,6-7,15H2,1-2H3. The first-order valence-corrected chi connectivity index (χ1v) is 6.75. The highest BCUT2D eigenvalue weighted by Crippen LogP contribution is 2.31. The van der Waals surface area contributed by atoms with Crippen molar-refractivity contribution in [1.82, 2.24) is 20.2 Å². The molecule has 0 aliphatic heterocycles. The molecule has 0 saturated heterocycles. The molecule has 2 rings (SSSR count).